The summed E-state index contributed by atoms with van der Waals surface area (Å²) in [5.41, 5.74) is 3.53. The first-order valence-electron chi connectivity index (χ1n) is 9.93. The SMILES string of the molecule is CC(=O)NC(CSc1cccc([C@H]2CCC(NC(C)=O)c3ccccc32)c1)C(=O)O. The van der Waals surface area contributed by atoms with E-state index in [1.54, 1.807) is 6.92 Å². The molecule has 158 valence electrons. The van der Waals surface area contributed by atoms with Gasteiger partial charge in [-0.05, 0) is 41.7 Å². The second kappa shape index (κ2) is 9.80. The minimum absolute atomic E-state index is 0.0289. The molecule has 0 bridgehead atoms. The second-order valence-electron chi connectivity index (χ2n) is 7.49. The van der Waals surface area contributed by atoms with Gasteiger partial charge in [-0.25, -0.2) is 4.79 Å². The lowest BCUT2D eigenvalue weighted by molar-refractivity contribution is -0.140. The van der Waals surface area contributed by atoms with Gasteiger partial charge in [-0.3, -0.25) is 9.59 Å². The Hall–Kier alpha value is -2.80. The van der Waals surface area contributed by atoms with Gasteiger partial charge < -0.3 is 15.7 Å². The Balaban J connectivity index is 1.79. The molecule has 6 nitrogen and oxygen atoms in total. The van der Waals surface area contributed by atoms with Crippen molar-refractivity contribution >= 4 is 29.5 Å². The van der Waals surface area contributed by atoms with E-state index >= 15 is 0 Å². The van der Waals surface area contributed by atoms with Crippen LogP contribution in [0.5, 0.6) is 0 Å². The number of benzene rings is 2. The molecular weight excluding hydrogens is 400 g/mol. The van der Waals surface area contributed by atoms with Crippen LogP contribution in [0.4, 0.5) is 0 Å². The van der Waals surface area contributed by atoms with E-state index in [0.717, 1.165) is 23.3 Å². The zero-order valence-corrected chi connectivity index (χ0v) is 17.9. The molecular formula is C23H26N2O4S. The molecule has 0 saturated heterocycles. The summed E-state index contributed by atoms with van der Waals surface area (Å²) in [5, 5.41) is 14.8. The van der Waals surface area contributed by atoms with E-state index in [0.29, 0.717) is 0 Å². The highest BCUT2D eigenvalue weighted by Crippen LogP contribution is 2.41. The number of carbonyl (C=O) groups is 3. The third-order valence-electron chi connectivity index (χ3n) is 5.22. The smallest absolute Gasteiger partial charge is 0.327 e. The van der Waals surface area contributed by atoms with Crippen molar-refractivity contribution in [2.45, 2.75) is 49.6 Å². The number of hydrogen-bond donors (Lipinski definition) is 3. The topological polar surface area (TPSA) is 95.5 Å². The van der Waals surface area contributed by atoms with Crippen LogP contribution in [0, 0.1) is 0 Å². The molecule has 3 atom stereocenters. The van der Waals surface area contributed by atoms with E-state index in [2.05, 4.69) is 34.9 Å². The fourth-order valence-corrected chi connectivity index (χ4v) is 4.93. The van der Waals surface area contributed by atoms with E-state index in [-0.39, 0.29) is 29.5 Å². The van der Waals surface area contributed by atoms with Gasteiger partial charge in [0.2, 0.25) is 11.8 Å². The summed E-state index contributed by atoms with van der Waals surface area (Å²) in [6.07, 6.45) is 1.78. The van der Waals surface area contributed by atoms with E-state index < -0.39 is 12.0 Å². The zero-order chi connectivity index (χ0) is 21.7. The number of carboxylic acid groups (broad SMARTS) is 1. The number of aliphatic carboxylic acids is 1. The molecule has 3 rings (SSSR count). The molecule has 1 aliphatic rings. The summed E-state index contributed by atoms with van der Waals surface area (Å²) >= 11 is 1.41. The van der Waals surface area contributed by atoms with Crippen LogP contribution in [0.3, 0.4) is 0 Å². The predicted octanol–water partition coefficient (Wildman–Crippen LogP) is 3.47. The minimum atomic E-state index is -1.04. The van der Waals surface area contributed by atoms with Gasteiger partial charge in [-0.2, -0.15) is 0 Å². The lowest BCUT2D eigenvalue weighted by Crippen LogP contribution is -2.41. The van der Waals surface area contributed by atoms with Crippen molar-refractivity contribution in [1.82, 2.24) is 10.6 Å². The second-order valence-corrected chi connectivity index (χ2v) is 8.58. The van der Waals surface area contributed by atoms with Crippen LogP contribution >= 0.6 is 11.8 Å². The average Bonchev–Trinajstić information content (AvgIpc) is 2.71. The molecule has 0 heterocycles. The molecule has 30 heavy (non-hydrogen) atoms. The molecule has 0 fully saturated rings. The molecule has 2 amide bonds. The monoisotopic (exact) mass is 426 g/mol. The minimum Gasteiger partial charge on any atom is -0.480 e. The third-order valence-corrected chi connectivity index (χ3v) is 6.31. The van der Waals surface area contributed by atoms with Crippen LogP contribution < -0.4 is 10.6 Å². The molecule has 7 heteroatoms. The Morgan fingerprint density at radius 1 is 1.03 bits per heavy atom. The summed E-state index contributed by atoms with van der Waals surface area (Å²) in [4.78, 5) is 35.1. The van der Waals surface area contributed by atoms with Crippen LogP contribution in [-0.2, 0) is 14.4 Å². The summed E-state index contributed by atoms with van der Waals surface area (Å²) in [5.74, 6) is -0.955. The summed E-state index contributed by atoms with van der Waals surface area (Å²) in [6, 6.07) is 15.4. The molecule has 0 aromatic heterocycles. The van der Waals surface area contributed by atoms with Gasteiger partial charge in [0.25, 0.3) is 0 Å². The van der Waals surface area contributed by atoms with Crippen LogP contribution in [0.25, 0.3) is 0 Å². The molecule has 2 aromatic carbocycles. The summed E-state index contributed by atoms with van der Waals surface area (Å²) < 4.78 is 0. The number of rotatable bonds is 7. The van der Waals surface area contributed by atoms with Crippen molar-refractivity contribution in [2.24, 2.45) is 0 Å². The first-order valence-corrected chi connectivity index (χ1v) is 10.9. The highest BCUT2D eigenvalue weighted by Gasteiger charge is 2.28. The molecule has 0 spiro atoms. The molecule has 3 N–H and O–H groups in total. The van der Waals surface area contributed by atoms with Gasteiger partial charge in [0.15, 0.2) is 0 Å². The quantitative estimate of drug-likeness (QED) is 0.589. The summed E-state index contributed by atoms with van der Waals surface area (Å²) in [7, 11) is 0. The van der Waals surface area contributed by atoms with Gasteiger partial charge >= 0.3 is 5.97 Å². The predicted molar refractivity (Wildman–Crippen MR) is 116 cm³/mol. The van der Waals surface area contributed by atoms with Crippen LogP contribution in [0.15, 0.2) is 53.4 Å². The van der Waals surface area contributed by atoms with Crippen LogP contribution in [0.2, 0.25) is 0 Å². The van der Waals surface area contributed by atoms with Gasteiger partial charge in [0.05, 0.1) is 6.04 Å². The van der Waals surface area contributed by atoms with Crippen molar-refractivity contribution in [3.63, 3.8) is 0 Å². The molecule has 1 aliphatic carbocycles. The standard InChI is InChI=1S/C23H26N2O4S/c1-14(26)24-21-11-10-18(19-8-3-4-9-20(19)21)16-6-5-7-17(12-16)30-13-22(23(28)29)25-15(2)27/h3-9,12,18,21-22H,10-11,13H2,1-2H3,(H,24,26)(H,25,27)(H,28,29)/t18-,21?,22?/m1/s1. The average molecular weight is 427 g/mol. The van der Waals surface area contributed by atoms with Gasteiger partial charge in [0.1, 0.15) is 6.04 Å². The van der Waals surface area contributed by atoms with Crippen molar-refractivity contribution in [3.8, 4) is 0 Å². The fraction of sp³-hybridized carbons (Fsp3) is 0.348. The van der Waals surface area contributed by atoms with Gasteiger partial charge in [-0.1, -0.05) is 36.4 Å². The molecule has 2 aromatic rings. The third kappa shape index (κ3) is 5.42. The number of hydrogen-bond acceptors (Lipinski definition) is 4. The molecule has 2 unspecified atom stereocenters. The summed E-state index contributed by atoms with van der Waals surface area (Å²) in [6.45, 7) is 2.86. The van der Waals surface area contributed by atoms with E-state index in [1.807, 2.05) is 24.3 Å². The first-order chi connectivity index (χ1) is 14.3. The van der Waals surface area contributed by atoms with E-state index in [1.165, 1.54) is 29.8 Å². The number of carbonyl (C=O) groups excluding carboxylic acids is 2. The number of carboxylic acids is 1. The zero-order valence-electron chi connectivity index (χ0n) is 17.1. The lowest BCUT2D eigenvalue weighted by Gasteiger charge is -2.32. The Morgan fingerprint density at radius 2 is 1.77 bits per heavy atom. The maximum Gasteiger partial charge on any atom is 0.327 e. The molecule has 0 saturated carbocycles. The van der Waals surface area contributed by atoms with E-state index in [9.17, 15) is 19.5 Å². The Kier molecular flexibility index (Phi) is 7.15. The first kappa shape index (κ1) is 21.9. The normalized spacial score (nSPS) is 18.7. The largest absolute Gasteiger partial charge is 0.480 e. The van der Waals surface area contributed by atoms with Gasteiger partial charge in [-0.15, -0.1) is 11.8 Å². The van der Waals surface area contributed by atoms with Gasteiger partial charge in [0, 0.05) is 30.4 Å². The van der Waals surface area contributed by atoms with Crippen LogP contribution in [-0.4, -0.2) is 34.7 Å². The van der Waals surface area contributed by atoms with Crippen molar-refractivity contribution in [3.05, 3.63) is 65.2 Å². The Morgan fingerprint density at radius 3 is 2.43 bits per heavy atom. The van der Waals surface area contributed by atoms with E-state index in [4.69, 9.17) is 0 Å². The number of nitrogens with one attached hydrogen (secondary N) is 2. The molecule has 0 radical (unpaired) electrons. The Bertz CT molecular complexity index is 946. The van der Waals surface area contributed by atoms with Crippen LogP contribution in [0.1, 0.15) is 55.3 Å². The van der Waals surface area contributed by atoms with Crippen molar-refractivity contribution in [2.75, 3.05) is 5.75 Å². The fourth-order valence-electron chi connectivity index (χ4n) is 3.95. The highest BCUT2D eigenvalue weighted by atomic mass is 32.2. The number of fused-ring (bicyclic) bond motifs is 1. The number of thioether (sulfide) groups is 1. The van der Waals surface area contributed by atoms with Crippen molar-refractivity contribution in [1.29, 1.82) is 0 Å². The maximum atomic E-state index is 11.6. The maximum absolute atomic E-state index is 11.6. The molecule has 0 aliphatic heterocycles. The highest BCUT2D eigenvalue weighted by molar-refractivity contribution is 7.99. The number of amides is 2. The lowest BCUT2D eigenvalue weighted by atomic mass is 9.77. The van der Waals surface area contributed by atoms with Crippen molar-refractivity contribution < 1.29 is 19.5 Å². The Labute approximate surface area is 180 Å².